The SMILES string of the molecule is COc1cc(C#N)ccc1OCC(=O)N1CCC[C@H](c2ccn[nH]2)C1. The fraction of sp³-hybridized carbons (Fsp3) is 0.389. The molecule has 1 saturated heterocycles. The molecule has 7 nitrogen and oxygen atoms in total. The van der Waals surface area contributed by atoms with Gasteiger partial charge in [-0.3, -0.25) is 9.89 Å². The number of nitriles is 1. The molecule has 25 heavy (non-hydrogen) atoms. The van der Waals surface area contributed by atoms with Crippen LogP contribution < -0.4 is 9.47 Å². The first-order chi connectivity index (χ1) is 12.2. The second kappa shape index (κ2) is 7.71. The second-order valence-corrected chi connectivity index (χ2v) is 5.96. The number of likely N-dealkylation sites (tertiary alicyclic amines) is 1. The molecule has 2 heterocycles. The van der Waals surface area contributed by atoms with Crippen LogP contribution in [0.2, 0.25) is 0 Å². The topological polar surface area (TPSA) is 91.2 Å². The van der Waals surface area contributed by atoms with Crippen LogP contribution >= 0.6 is 0 Å². The lowest BCUT2D eigenvalue weighted by Crippen LogP contribution is -2.41. The van der Waals surface area contributed by atoms with Crippen LogP contribution in [0.4, 0.5) is 0 Å². The Hall–Kier alpha value is -3.01. The van der Waals surface area contributed by atoms with Gasteiger partial charge in [0.05, 0.1) is 18.7 Å². The van der Waals surface area contributed by atoms with Gasteiger partial charge in [-0.15, -0.1) is 0 Å². The molecular weight excluding hydrogens is 320 g/mol. The summed E-state index contributed by atoms with van der Waals surface area (Å²) in [6.07, 6.45) is 3.72. The lowest BCUT2D eigenvalue weighted by Gasteiger charge is -2.32. The van der Waals surface area contributed by atoms with E-state index in [4.69, 9.17) is 14.7 Å². The van der Waals surface area contributed by atoms with Crippen LogP contribution in [-0.4, -0.2) is 47.8 Å². The standard InChI is InChI=1S/C18H20N4O3/c1-24-17-9-13(10-19)4-5-16(17)25-12-18(23)22-8-2-3-14(11-22)15-6-7-20-21-15/h4-7,9,14H,2-3,8,11-12H2,1H3,(H,20,21)/t14-/m0/s1. The Balaban J connectivity index is 1.60. The van der Waals surface area contributed by atoms with Crippen LogP contribution in [0.15, 0.2) is 30.5 Å². The van der Waals surface area contributed by atoms with Gasteiger partial charge in [0.15, 0.2) is 18.1 Å². The molecule has 1 fully saturated rings. The monoisotopic (exact) mass is 340 g/mol. The average Bonchev–Trinajstić information content (AvgIpc) is 3.21. The molecular formula is C18H20N4O3. The first-order valence-electron chi connectivity index (χ1n) is 8.19. The molecule has 0 unspecified atom stereocenters. The van der Waals surface area contributed by atoms with Crippen molar-refractivity contribution in [1.82, 2.24) is 15.1 Å². The number of piperidine rings is 1. The quantitative estimate of drug-likeness (QED) is 0.900. The molecule has 0 spiro atoms. The van der Waals surface area contributed by atoms with Gasteiger partial charge in [0.1, 0.15) is 0 Å². The van der Waals surface area contributed by atoms with E-state index in [0.717, 1.165) is 25.1 Å². The molecule has 130 valence electrons. The Bertz CT molecular complexity index is 767. The molecule has 1 aliphatic rings. The van der Waals surface area contributed by atoms with Gasteiger partial charge < -0.3 is 14.4 Å². The number of methoxy groups -OCH3 is 1. The largest absolute Gasteiger partial charge is 0.493 e. The molecule has 1 N–H and O–H groups in total. The summed E-state index contributed by atoms with van der Waals surface area (Å²) in [5.41, 5.74) is 1.54. The third kappa shape index (κ3) is 3.91. The van der Waals surface area contributed by atoms with Gasteiger partial charge in [-0.1, -0.05) is 0 Å². The molecule has 1 aliphatic heterocycles. The Morgan fingerprint density at radius 2 is 2.32 bits per heavy atom. The minimum atomic E-state index is -0.0596. The Kier molecular flexibility index (Phi) is 5.19. The van der Waals surface area contributed by atoms with Crippen LogP contribution in [0.1, 0.15) is 30.0 Å². The minimum Gasteiger partial charge on any atom is -0.493 e. The van der Waals surface area contributed by atoms with Crippen molar-refractivity contribution in [2.75, 3.05) is 26.8 Å². The van der Waals surface area contributed by atoms with Crippen molar-refractivity contribution < 1.29 is 14.3 Å². The molecule has 1 aromatic carbocycles. The molecule has 7 heteroatoms. The molecule has 1 aromatic heterocycles. The van der Waals surface area contributed by atoms with E-state index in [1.54, 1.807) is 24.4 Å². The molecule has 1 amide bonds. The molecule has 3 rings (SSSR count). The number of rotatable bonds is 5. The van der Waals surface area contributed by atoms with Gasteiger partial charge in [0.2, 0.25) is 0 Å². The Labute approximate surface area is 146 Å². The van der Waals surface area contributed by atoms with Crippen LogP contribution in [0.5, 0.6) is 11.5 Å². The predicted octanol–water partition coefficient (Wildman–Crippen LogP) is 2.07. The van der Waals surface area contributed by atoms with Gasteiger partial charge in [-0.05, 0) is 31.0 Å². The number of carbonyl (C=O) groups excluding carboxylic acids is 1. The Morgan fingerprint density at radius 3 is 3.04 bits per heavy atom. The van der Waals surface area contributed by atoms with Gasteiger partial charge in [-0.25, -0.2) is 0 Å². The number of nitrogens with one attached hydrogen (secondary N) is 1. The number of benzene rings is 1. The molecule has 0 aliphatic carbocycles. The number of aromatic amines is 1. The van der Waals surface area contributed by atoms with Crippen molar-refractivity contribution in [3.8, 4) is 17.6 Å². The summed E-state index contributed by atoms with van der Waals surface area (Å²) in [6, 6.07) is 8.88. The molecule has 0 saturated carbocycles. The molecule has 0 bridgehead atoms. The summed E-state index contributed by atoms with van der Waals surface area (Å²) < 4.78 is 10.8. The number of carbonyl (C=O) groups is 1. The van der Waals surface area contributed by atoms with Crippen LogP contribution in [0.3, 0.4) is 0 Å². The summed E-state index contributed by atoms with van der Waals surface area (Å²) in [5.74, 6) is 1.12. The lowest BCUT2D eigenvalue weighted by molar-refractivity contribution is -0.134. The van der Waals surface area contributed by atoms with Crippen molar-refractivity contribution in [3.05, 3.63) is 41.7 Å². The van der Waals surface area contributed by atoms with Crippen LogP contribution in [0.25, 0.3) is 0 Å². The molecule has 0 radical (unpaired) electrons. The number of hydrogen-bond donors (Lipinski definition) is 1. The van der Waals surface area contributed by atoms with Gasteiger partial charge >= 0.3 is 0 Å². The number of H-pyrrole nitrogens is 1. The van der Waals surface area contributed by atoms with Crippen molar-refractivity contribution in [1.29, 1.82) is 5.26 Å². The minimum absolute atomic E-state index is 0.0576. The maximum atomic E-state index is 12.5. The zero-order chi connectivity index (χ0) is 17.6. The number of hydrogen-bond acceptors (Lipinski definition) is 5. The van der Waals surface area contributed by atoms with E-state index >= 15 is 0 Å². The van der Waals surface area contributed by atoms with Crippen LogP contribution in [-0.2, 0) is 4.79 Å². The summed E-state index contributed by atoms with van der Waals surface area (Å²) >= 11 is 0. The number of aromatic nitrogens is 2. The van der Waals surface area contributed by atoms with Gasteiger partial charge in [0, 0.05) is 37.0 Å². The summed E-state index contributed by atoms with van der Waals surface area (Å²) in [6.45, 7) is 1.34. The van der Waals surface area contributed by atoms with Crippen molar-refractivity contribution in [2.45, 2.75) is 18.8 Å². The van der Waals surface area contributed by atoms with Crippen LogP contribution in [0, 0.1) is 11.3 Å². The summed E-state index contributed by atoms with van der Waals surface area (Å²) in [7, 11) is 1.50. The Morgan fingerprint density at radius 1 is 1.44 bits per heavy atom. The highest BCUT2D eigenvalue weighted by molar-refractivity contribution is 5.78. The normalized spacial score (nSPS) is 17.0. The highest BCUT2D eigenvalue weighted by atomic mass is 16.5. The smallest absolute Gasteiger partial charge is 0.260 e. The summed E-state index contributed by atoms with van der Waals surface area (Å²) in [5, 5.41) is 15.9. The fourth-order valence-electron chi connectivity index (χ4n) is 3.04. The summed E-state index contributed by atoms with van der Waals surface area (Å²) in [4.78, 5) is 14.3. The highest BCUT2D eigenvalue weighted by Crippen LogP contribution is 2.28. The van der Waals surface area contributed by atoms with E-state index in [2.05, 4.69) is 10.2 Å². The maximum absolute atomic E-state index is 12.5. The number of amides is 1. The highest BCUT2D eigenvalue weighted by Gasteiger charge is 2.25. The first-order valence-corrected chi connectivity index (χ1v) is 8.19. The van der Waals surface area contributed by atoms with E-state index in [9.17, 15) is 4.79 Å². The molecule has 1 atom stereocenters. The third-order valence-corrected chi connectivity index (χ3v) is 4.38. The van der Waals surface area contributed by atoms with Crippen molar-refractivity contribution in [2.24, 2.45) is 0 Å². The van der Waals surface area contributed by atoms with E-state index in [0.29, 0.717) is 23.6 Å². The van der Waals surface area contributed by atoms with Crippen molar-refractivity contribution in [3.63, 3.8) is 0 Å². The third-order valence-electron chi connectivity index (χ3n) is 4.38. The van der Waals surface area contributed by atoms with E-state index in [-0.39, 0.29) is 18.4 Å². The fourth-order valence-corrected chi connectivity index (χ4v) is 3.04. The van der Waals surface area contributed by atoms with Gasteiger partial charge in [-0.2, -0.15) is 10.4 Å². The van der Waals surface area contributed by atoms with E-state index in [1.165, 1.54) is 7.11 Å². The maximum Gasteiger partial charge on any atom is 0.260 e. The zero-order valence-corrected chi connectivity index (χ0v) is 14.1. The van der Waals surface area contributed by atoms with E-state index < -0.39 is 0 Å². The second-order valence-electron chi connectivity index (χ2n) is 5.96. The van der Waals surface area contributed by atoms with Gasteiger partial charge in [0.25, 0.3) is 5.91 Å². The van der Waals surface area contributed by atoms with E-state index in [1.807, 2.05) is 17.0 Å². The predicted molar refractivity (Wildman–Crippen MR) is 90.3 cm³/mol. The number of ether oxygens (including phenoxy) is 2. The first kappa shape index (κ1) is 16.8. The zero-order valence-electron chi connectivity index (χ0n) is 14.1. The van der Waals surface area contributed by atoms with Crippen molar-refractivity contribution >= 4 is 5.91 Å². The molecule has 2 aromatic rings. The lowest BCUT2D eigenvalue weighted by atomic mass is 9.95. The number of nitrogens with zero attached hydrogens (tertiary/aromatic N) is 3. The average molecular weight is 340 g/mol.